The van der Waals surface area contributed by atoms with E-state index < -0.39 is 0 Å². The van der Waals surface area contributed by atoms with E-state index in [1.807, 2.05) is 0 Å². The van der Waals surface area contributed by atoms with Crippen molar-refractivity contribution in [3.05, 3.63) is 71.3 Å². The lowest BCUT2D eigenvalue weighted by molar-refractivity contribution is 0.360. The molecule has 0 spiro atoms. The number of hydrogen-bond donors (Lipinski definition) is 1. The van der Waals surface area contributed by atoms with E-state index >= 15 is 0 Å². The van der Waals surface area contributed by atoms with Gasteiger partial charge in [-0.05, 0) is 49.8 Å². The fourth-order valence-corrected chi connectivity index (χ4v) is 2.60. The van der Waals surface area contributed by atoms with Crippen LogP contribution in [0.1, 0.15) is 43.9 Å². The molecular formula is C20H27N. The molecule has 0 aliphatic heterocycles. The predicted octanol–water partition coefficient (Wildman–Crippen LogP) is 4.75. The second-order valence-electron chi connectivity index (χ2n) is 6.35. The highest BCUT2D eigenvalue weighted by molar-refractivity contribution is 5.27. The van der Waals surface area contributed by atoms with Gasteiger partial charge in [0, 0.05) is 12.1 Å². The number of aryl methyl sites for hydroxylation is 2. The van der Waals surface area contributed by atoms with Crippen molar-refractivity contribution in [1.29, 1.82) is 0 Å². The Hall–Kier alpha value is -1.60. The van der Waals surface area contributed by atoms with Gasteiger partial charge >= 0.3 is 0 Å². The summed E-state index contributed by atoms with van der Waals surface area (Å²) in [4.78, 5) is 0. The molecule has 2 aromatic carbocycles. The summed E-state index contributed by atoms with van der Waals surface area (Å²) in [7, 11) is 0. The van der Waals surface area contributed by atoms with E-state index in [0.29, 0.717) is 0 Å². The maximum absolute atomic E-state index is 3.72. The number of benzene rings is 2. The number of rotatable bonds is 7. The second kappa shape index (κ2) is 7.42. The minimum atomic E-state index is 0.149. The fraction of sp³-hybridized carbons (Fsp3) is 0.400. The van der Waals surface area contributed by atoms with Crippen LogP contribution in [-0.4, -0.2) is 5.54 Å². The average molecular weight is 281 g/mol. The van der Waals surface area contributed by atoms with Gasteiger partial charge in [-0.15, -0.1) is 0 Å². The van der Waals surface area contributed by atoms with Crippen LogP contribution >= 0.6 is 0 Å². The van der Waals surface area contributed by atoms with Crippen molar-refractivity contribution in [2.45, 2.75) is 52.1 Å². The van der Waals surface area contributed by atoms with E-state index in [0.717, 1.165) is 25.8 Å². The first-order valence-electron chi connectivity index (χ1n) is 7.96. The molecule has 0 saturated carbocycles. The van der Waals surface area contributed by atoms with Gasteiger partial charge in [-0.2, -0.15) is 0 Å². The van der Waals surface area contributed by atoms with Crippen LogP contribution in [0.4, 0.5) is 0 Å². The van der Waals surface area contributed by atoms with Gasteiger partial charge in [-0.3, -0.25) is 0 Å². The number of hydrogen-bond acceptors (Lipinski definition) is 1. The first-order valence-corrected chi connectivity index (χ1v) is 7.96. The van der Waals surface area contributed by atoms with Crippen molar-refractivity contribution in [2.75, 3.05) is 0 Å². The molecule has 0 saturated heterocycles. The summed E-state index contributed by atoms with van der Waals surface area (Å²) < 4.78 is 0. The lowest BCUT2D eigenvalue weighted by Gasteiger charge is -2.27. The molecule has 2 rings (SSSR count). The van der Waals surface area contributed by atoms with Crippen molar-refractivity contribution < 1.29 is 0 Å². The molecule has 1 N–H and O–H groups in total. The topological polar surface area (TPSA) is 12.0 Å². The van der Waals surface area contributed by atoms with Gasteiger partial charge in [0.25, 0.3) is 0 Å². The van der Waals surface area contributed by atoms with E-state index in [1.54, 1.807) is 0 Å². The van der Waals surface area contributed by atoms with Gasteiger partial charge in [0.15, 0.2) is 0 Å². The summed E-state index contributed by atoms with van der Waals surface area (Å²) in [6.07, 6.45) is 3.36. The highest BCUT2D eigenvalue weighted by Crippen LogP contribution is 2.16. The first kappa shape index (κ1) is 15.8. The van der Waals surface area contributed by atoms with Gasteiger partial charge in [0.2, 0.25) is 0 Å². The van der Waals surface area contributed by atoms with E-state index in [4.69, 9.17) is 0 Å². The minimum absolute atomic E-state index is 0.149. The molecule has 0 aromatic heterocycles. The molecule has 0 aliphatic carbocycles. The highest BCUT2D eigenvalue weighted by atomic mass is 14.9. The number of nitrogens with one attached hydrogen (secondary N) is 1. The molecule has 0 aliphatic rings. The Morgan fingerprint density at radius 3 is 2.14 bits per heavy atom. The molecular weight excluding hydrogens is 254 g/mol. The van der Waals surface area contributed by atoms with Gasteiger partial charge < -0.3 is 5.32 Å². The summed E-state index contributed by atoms with van der Waals surface area (Å²) >= 11 is 0. The molecule has 112 valence electrons. The monoisotopic (exact) mass is 281 g/mol. The SMILES string of the molecule is CCc1ccccc1CNC(C)(C)CCc1ccccc1. The average Bonchev–Trinajstić information content (AvgIpc) is 2.52. The predicted molar refractivity (Wildman–Crippen MR) is 91.5 cm³/mol. The Kier molecular flexibility index (Phi) is 5.58. The molecule has 0 radical (unpaired) electrons. The Labute approximate surface area is 129 Å². The van der Waals surface area contributed by atoms with Gasteiger partial charge in [-0.1, -0.05) is 61.5 Å². The minimum Gasteiger partial charge on any atom is -0.308 e. The van der Waals surface area contributed by atoms with Crippen molar-refractivity contribution in [3.63, 3.8) is 0 Å². The summed E-state index contributed by atoms with van der Waals surface area (Å²) in [6, 6.07) is 19.5. The standard InChI is InChI=1S/C20H27N/c1-4-18-12-8-9-13-19(18)16-21-20(2,3)15-14-17-10-6-5-7-11-17/h5-13,21H,4,14-16H2,1-3H3. The Bertz CT molecular complexity index is 543. The smallest absolute Gasteiger partial charge is 0.0213 e. The van der Waals surface area contributed by atoms with Crippen LogP contribution < -0.4 is 5.32 Å². The maximum Gasteiger partial charge on any atom is 0.0213 e. The fourth-order valence-electron chi connectivity index (χ4n) is 2.60. The summed E-state index contributed by atoms with van der Waals surface area (Å²) in [5.74, 6) is 0. The largest absolute Gasteiger partial charge is 0.308 e. The third-order valence-corrected chi connectivity index (χ3v) is 4.14. The Balaban J connectivity index is 1.89. The molecule has 21 heavy (non-hydrogen) atoms. The maximum atomic E-state index is 3.72. The molecule has 1 heteroatoms. The van der Waals surface area contributed by atoms with Crippen LogP contribution in [-0.2, 0) is 19.4 Å². The zero-order chi connectivity index (χ0) is 15.1. The normalized spacial score (nSPS) is 11.6. The molecule has 0 atom stereocenters. The molecule has 0 fully saturated rings. The summed E-state index contributed by atoms with van der Waals surface area (Å²) in [6.45, 7) is 7.76. The van der Waals surface area contributed by atoms with Crippen molar-refractivity contribution >= 4 is 0 Å². The lowest BCUT2D eigenvalue weighted by atomic mass is 9.94. The lowest BCUT2D eigenvalue weighted by Crippen LogP contribution is -2.39. The summed E-state index contributed by atoms with van der Waals surface area (Å²) in [5, 5.41) is 3.72. The van der Waals surface area contributed by atoms with E-state index in [9.17, 15) is 0 Å². The van der Waals surface area contributed by atoms with Gasteiger partial charge in [0.05, 0.1) is 0 Å². The van der Waals surface area contributed by atoms with Crippen molar-refractivity contribution in [1.82, 2.24) is 5.32 Å². The third-order valence-electron chi connectivity index (χ3n) is 4.14. The van der Waals surface area contributed by atoms with Crippen LogP contribution in [0.15, 0.2) is 54.6 Å². The quantitative estimate of drug-likeness (QED) is 0.772. The van der Waals surface area contributed by atoms with Crippen LogP contribution in [0.25, 0.3) is 0 Å². The molecule has 0 heterocycles. The van der Waals surface area contributed by atoms with Gasteiger partial charge in [0.1, 0.15) is 0 Å². The molecule has 0 bridgehead atoms. The van der Waals surface area contributed by atoms with Crippen LogP contribution in [0.3, 0.4) is 0 Å². The Morgan fingerprint density at radius 1 is 0.857 bits per heavy atom. The Morgan fingerprint density at radius 2 is 1.48 bits per heavy atom. The molecule has 1 nitrogen and oxygen atoms in total. The summed E-state index contributed by atoms with van der Waals surface area (Å²) in [5.41, 5.74) is 4.44. The van der Waals surface area contributed by atoms with E-state index in [2.05, 4.69) is 80.7 Å². The molecule has 2 aromatic rings. The van der Waals surface area contributed by atoms with Crippen LogP contribution in [0.5, 0.6) is 0 Å². The van der Waals surface area contributed by atoms with Gasteiger partial charge in [-0.25, -0.2) is 0 Å². The highest BCUT2D eigenvalue weighted by Gasteiger charge is 2.17. The second-order valence-corrected chi connectivity index (χ2v) is 6.35. The first-order chi connectivity index (χ1) is 10.1. The zero-order valence-electron chi connectivity index (χ0n) is 13.5. The van der Waals surface area contributed by atoms with Crippen molar-refractivity contribution in [3.8, 4) is 0 Å². The van der Waals surface area contributed by atoms with Crippen LogP contribution in [0.2, 0.25) is 0 Å². The van der Waals surface area contributed by atoms with Crippen molar-refractivity contribution in [2.24, 2.45) is 0 Å². The third kappa shape index (κ3) is 5.02. The zero-order valence-corrected chi connectivity index (χ0v) is 13.5. The molecule has 0 amide bonds. The van der Waals surface area contributed by atoms with Crippen LogP contribution in [0, 0.1) is 0 Å². The van der Waals surface area contributed by atoms with E-state index in [1.165, 1.54) is 16.7 Å². The van der Waals surface area contributed by atoms with E-state index in [-0.39, 0.29) is 5.54 Å². The molecule has 0 unspecified atom stereocenters.